The monoisotopic (exact) mass is 472 g/mol. The van der Waals surface area contributed by atoms with Gasteiger partial charge in [0, 0.05) is 6.42 Å². The summed E-state index contributed by atoms with van der Waals surface area (Å²) < 4.78 is 15.9. The number of carbonyl (C=O) groups is 2. The molecule has 1 atom stereocenters. The van der Waals surface area contributed by atoms with Crippen LogP contribution in [0.2, 0.25) is 0 Å². The molecule has 1 aliphatic heterocycles. The van der Waals surface area contributed by atoms with Gasteiger partial charge in [0.05, 0.1) is 43.0 Å². The minimum absolute atomic E-state index is 0.00830. The molecule has 1 aromatic heterocycles. The number of methoxy groups -OCH3 is 2. The fraction of sp³-hybridized carbons (Fsp3) is 0.231. The van der Waals surface area contributed by atoms with E-state index in [4.69, 9.17) is 19.6 Å². The van der Waals surface area contributed by atoms with Crippen LogP contribution in [0, 0.1) is 11.3 Å². The summed E-state index contributed by atoms with van der Waals surface area (Å²) in [7, 11) is 2.42. The number of nitrogens with zero attached hydrogens (tertiary/aromatic N) is 3. The quantitative estimate of drug-likeness (QED) is 0.534. The van der Waals surface area contributed by atoms with Gasteiger partial charge in [-0.2, -0.15) is 5.26 Å². The van der Waals surface area contributed by atoms with Crippen LogP contribution in [0.1, 0.15) is 30.7 Å². The molecule has 9 nitrogen and oxygen atoms in total. The van der Waals surface area contributed by atoms with Crippen molar-refractivity contribution in [2.45, 2.75) is 25.7 Å². The highest BCUT2D eigenvalue weighted by atomic mass is 16.5. The highest BCUT2D eigenvalue weighted by molar-refractivity contribution is 6.06. The smallest absolute Gasteiger partial charge is 0.355 e. The number of hydrogen-bond acceptors (Lipinski definition) is 9. The molecule has 3 aromatic rings. The van der Waals surface area contributed by atoms with Crippen molar-refractivity contribution in [3.8, 4) is 6.07 Å². The minimum atomic E-state index is -0.925. The number of aromatic nitrogens is 1. The zero-order chi connectivity index (χ0) is 25.1. The summed E-state index contributed by atoms with van der Waals surface area (Å²) in [6.45, 7) is 2.02. The molecular formula is C26H24N4O5. The van der Waals surface area contributed by atoms with Crippen LogP contribution >= 0.6 is 0 Å². The van der Waals surface area contributed by atoms with Gasteiger partial charge in [0.25, 0.3) is 0 Å². The molecule has 0 saturated heterocycles. The van der Waals surface area contributed by atoms with E-state index in [1.807, 2.05) is 6.92 Å². The number of esters is 2. The van der Waals surface area contributed by atoms with E-state index in [9.17, 15) is 14.9 Å². The number of hydrogen-bond donors (Lipinski definition) is 1. The Morgan fingerprint density at radius 1 is 1.14 bits per heavy atom. The summed E-state index contributed by atoms with van der Waals surface area (Å²) in [5.74, 6) is -1.94. The van der Waals surface area contributed by atoms with Crippen molar-refractivity contribution in [3.63, 3.8) is 0 Å². The van der Waals surface area contributed by atoms with E-state index in [-0.39, 0.29) is 22.7 Å². The van der Waals surface area contributed by atoms with Gasteiger partial charge in [0.1, 0.15) is 17.0 Å². The molecule has 178 valence electrons. The molecule has 0 radical (unpaired) electrons. The maximum atomic E-state index is 13.1. The number of benzene rings is 2. The number of ether oxygens (including phenoxy) is 2. The van der Waals surface area contributed by atoms with Crippen LogP contribution in [0.4, 0.5) is 5.69 Å². The molecule has 1 unspecified atom stereocenters. The van der Waals surface area contributed by atoms with Crippen molar-refractivity contribution in [2.24, 2.45) is 5.73 Å². The number of anilines is 1. The second-order valence-electron chi connectivity index (χ2n) is 7.84. The average Bonchev–Trinajstić information content (AvgIpc) is 3.29. The predicted molar refractivity (Wildman–Crippen MR) is 128 cm³/mol. The fourth-order valence-electron chi connectivity index (χ4n) is 4.20. The standard InChI is InChI=1S/C26H24N4O5/c1-4-8-20-29-18-13-16(11-12-19(18)35-20)30-23(26(32)34-3)22(25(31)33-2)21(17(14-27)24(30)28)15-9-6-5-7-10-15/h5-7,9-13,21H,4,8,28H2,1-3H3. The van der Waals surface area contributed by atoms with Crippen LogP contribution in [-0.2, 0) is 25.5 Å². The van der Waals surface area contributed by atoms with Crippen LogP contribution in [-0.4, -0.2) is 31.1 Å². The Balaban J connectivity index is 2.01. The lowest BCUT2D eigenvalue weighted by Gasteiger charge is -2.35. The number of rotatable bonds is 6. The van der Waals surface area contributed by atoms with Crippen LogP contribution in [0.15, 0.2) is 75.6 Å². The van der Waals surface area contributed by atoms with E-state index in [1.54, 1.807) is 48.5 Å². The molecular weight excluding hydrogens is 448 g/mol. The third-order valence-corrected chi connectivity index (χ3v) is 5.75. The van der Waals surface area contributed by atoms with E-state index in [0.717, 1.165) is 6.42 Å². The fourth-order valence-corrected chi connectivity index (χ4v) is 4.20. The second kappa shape index (κ2) is 9.73. The Kier molecular flexibility index (Phi) is 6.55. The second-order valence-corrected chi connectivity index (χ2v) is 7.84. The summed E-state index contributed by atoms with van der Waals surface area (Å²) in [4.78, 5) is 32.1. The molecule has 0 saturated carbocycles. The molecule has 4 rings (SSSR count). The van der Waals surface area contributed by atoms with Crippen LogP contribution in [0.5, 0.6) is 0 Å². The van der Waals surface area contributed by atoms with Crippen LogP contribution < -0.4 is 10.6 Å². The maximum absolute atomic E-state index is 13.1. The highest BCUT2D eigenvalue weighted by Crippen LogP contribution is 2.43. The number of allylic oxidation sites excluding steroid dienone is 1. The number of carbonyl (C=O) groups excluding carboxylic acids is 2. The molecule has 0 fully saturated rings. The van der Waals surface area contributed by atoms with Gasteiger partial charge in [-0.15, -0.1) is 0 Å². The van der Waals surface area contributed by atoms with E-state index < -0.39 is 17.9 Å². The first-order valence-corrected chi connectivity index (χ1v) is 11.0. The normalized spacial score (nSPS) is 15.8. The van der Waals surface area contributed by atoms with Crippen molar-refractivity contribution >= 4 is 28.7 Å². The third-order valence-electron chi connectivity index (χ3n) is 5.75. The van der Waals surface area contributed by atoms with Crippen molar-refractivity contribution < 1.29 is 23.5 Å². The number of aryl methyl sites for hydroxylation is 1. The van der Waals surface area contributed by atoms with Crippen molar-refractivity contribution in [1.29, 1.82) is 5.26 Å². The summed E-state index contributed by atoms with van der Waals surface area (Å²) in [5.41, 5.74) is 8.55. The van der Waals surface area contributed by atoms with E-state index in [0.29, 0.717) is 34.7 Å². The minimum Gasteiger partial charge on any atom is -0.466 e. The van der Waals surface area contributed by atoms with Gasteiger partial charge in [-0.25, -0.2) is 14.6 Å². The van der Waals surface area contributed by atoms with Gasteiger partial charge >= 0.3 is 11.9 Å². The SMILES string of the molecule is CCCc1nc2cc(N3C(N)=C(C#N)C(c4ccccc4)C(C(=O)OC)=C3C(=O)OC)ccc2o1. The highest BCUT2D eigenvalue weighted by Gasteiger charge is 2.43. The predicted octanol–water partition coefficient (Wildman–Crippen LogP) is 3.68. The van der Waals surface area contributed by atoms with Crippen LogP contribution in [0.3, 0.4) is 0 Å². The lowest BCUT2D eigenvalue weighted by atomic mass is 9.81. The molecule has 35 heavy (non-hydrogen) atoms. The third kappa shape index (κ3) is 4.10. The first kappa shape index (κ1) is 23.6. The van der Waals surface area contributed by atoms with Crippen molar-refractivity contribution in [1.82, 2.24) is 4.98 Å². The Morgan fingerprint density at radius 3 is 2.49 bits per heavy atom. The van der Waals surface area contributed by atoms with E-state index in [1.165, 1.54) is 19.1 Å². The Morgan fingerprint density at radius 2 is 1.86 bits per heavy atom. The number of nitrogens with two attached hydrogens (primary N) is 1. The molecule has 2 N–H and O–H groups in total. The molecule has 2 aromatic carbocycles. The molecule has 9 heteroatoms. The Labute approximate surface area is 202 Å². The molecule has 0 spiro atoms. The number of nitriles is 1. The largest absolute Gasteiger partial charge is 0.466 e. The molecule has 2 heterocycles. The zero-order valence-electron chi connectivity index (χ0n) is 19.6. The lowest BCUT2D eigenvalue weighted by Crippen LogP contribution is -2.40. The van der Waals surface area contributed by atoms with Gasteiger partial charge in [0.15, 0.2) is 11.5 Å². The average molecular weight is 473 g/mol. The summed E-state index contributed by atoms with van der Waals surface area (Å²) in [6.07, 6.45) is 1.54. The molecule has 0 aliphatic carbocycles. The summed E-state index contributed by atoms with van der Waals surface area (Å²) in [6, 6.07) is 16.0. The molecule has 0 bridgehead atoms. The Hall–Kier alpha value is -4.58. The van der Waals surface area contributed by atoms with Crippen LogP contribution in [0.25, 0.3) is 11.1 Å². The van der Waals surface area contributed by atoms with Gasteiger partial charge < -0.3 is 19.6 Å². The van der Waals surface area contributed by atoms with Crippen molar-refractivity contribution in [2.75, 3.05) is 19.1 Å². The van der Waals surface area contributed by atoms with Gasteiger partial charge in [-0.05, 0) is 30.2 Å². The van der Waals surface area contributed by atoms with Gasteiger partial charge in [0.2, 0.25) is 0 Å². The summed E-state index contributed by atoms with van der Waals surface area (Å²) in [5, 5.41) is 10.1. The lowest BCUT2D eigenvalue weighted by molar-refractivity contribution is -0.139. The van der Waals surface area contributed by atoms with Gasteiger partial charge in [-0.3, -0.25) is 4.90 Å². The van der Waals surface area contributed by atoms with E-state index in [2.05, 4.69) is 11.1 Å². The van der Waals surface area contributed by atoms with E-state index >= 15 is 0 Å². The first-order valence-electron chi connectivity index (χ1n) is 11.0. The molecule has 1 aliphatic rings. The van der Waals surface area contributed by atoms with Gasteiger partial charge in [-0.1, -0.05) is 37.3 Å². The topological polar surface area (TPSA) is 132 Å². The number of fused-ring (bicyclic) bond motifs is 1. The maximum Gasteiger partial charge on any atom is 0.355 e. The zero-order valence-corrected chi connectivity index (χ0v) is 19.6. The number of oxazole rings is 1. The molecule has 0 amide bonds. The van der Waals surface area contributed by atoms with Crippen molar-refractivity contribution in [3.05, 3.63) is 82.6 Å². The first-order chi connectivity index (χ1) is 16.9. The Bertz CT molecular complexity index is 1400. The summed E-state index contributed by atoms with van der Waals surface area (Å²) >= 11 is 0.